The first kappa shape index (κ1) is 23.2. The predicted molar refractivity (Wildman–Crippen MR) is 140 cm³/mol. The molecule has 3 aliphatic carbocycles. The number of aryl methyl sites for hydroxylation is 1. The second-order valence-electron chi connectivity index (χ2n) is 12.1. The van der Waals surface area contributed by atoms with Crippen LogP contribution in [0.2, 0.25) is 0 Å². The molecule has 2 aliphatic heterocycles. The third kappa shape index (κ3) is 3.52. The van der Waals surface area contributed by atoms with Gasteiger partial charge in [-0.2, -0.15) is 0 Å². The molecule has 2 N–H and O–H groups in total. The molecule has 194 valence electrons. The number of hydrogen-bond donors (Lipinski definition) is 2. The number of rotatable bonds is 5. The van der Waals surface area contributed by atoms with E-state index >= 15 is 0 Å². The van der Waals surface area contributed by atoms with Gasteiger partial charge in [-0.05, 0) is 82.1 Å². The number of ether oxygens (including phenoxy) is 1. The van der Waals surface area contributed by atoms with Crippen LogP contribution >= 0.6 is 0 Å². The summed E-state index contributed by atoms with van der Waals surface area (Å²) in [6.45, 7) is 3.91. The summed E-state index contributed by atoms with van der Waals surface area (Å²) in [6, 6.07) is 8.81. The zero-order chi connectivity index (χ0) is 25.4. The topological polar surface area (TPSA) is 98.4 Å². The molecule has 0 radical (unpaired) electrons. The number of hydrogen-bond acceptors (Lipinski definition) is 6. The van der Waals surface area contributed by atoms with Gasteiger partial charge >= 0.3 is 0 Å². The number of pyridine rings is 3. The molecule has 5 heterocycles. The van der Waals surface area contributed by atoms with E-state index in [0.29, 0.717) is 31.6 Å². The van der Waals surface area contributed by atoms with Crippen LogP contribution in [0.3, 0.4) is 0 Å². The predicted octanol–water partition coefficient (Wildman–Crippen LogP) is 3.07. The average molecular weight is 503 g/mol. The highest BCUT2D eigenvalue weighted by molar-refractivity contribution is 5.76. The molecule has 3 fully saturated rings. The highest BCUT2D eigenvalue weighted by atomic mass is 16.5. The van der Waals surface area contributed by atoms with E-state index in [4.69, 9.17) is 4.74 Å². The van der Waals surface area contributed by atoms with Gasteiger partial charge in [-0.3, -0.25) is 23.7 Å². The highest BCUT2D eigenvalue weighted by Crippen LogP contribution is 2.61. The molecule has 0 amide bonds. The van der Waals surface area contributed by atoms with E-state index < -0.39 is 5.60 Å². The van der Waals surface area contributed by atoms with E-state index in [9.17, 15) is 14.7 Å². The van der Waals surface area contributed by atoms with Crippen molar-refractivity contribution in [1.82, 2.24) is 19.4 Å². The Balaban J connectivity index is 1.11. The molecule has 5 aliphatic rings. The fourth-order valence-electron chi connectivity index (χ4n) is 7.87. The lowest BCUT2D eigenvalue weighted by molar-refractivity contribution is -0.174. The van der Waals surface area contributed by atoms with Crippen LogP contribution in [-0.2, 0) is 19.5 Å². The van der Waals surface area contributed by atoms with Crippen LogP contribution in [0.5, 0.6) is 5.75 Å². The van der Waals surface area contributed by atoms with Crippen LogP contribution < -0.4 is 21.2 Å². The summed E-state index contributed by atoms with van der Waals surface area (Å²) in [4.78, 5) is 30.2. The van der Waals surface area contributed by atoms with Crippen LogP contribution in [0.4, 0.5) is 0 Å². The number of nitrogens with zero attached hydrogens (tertiary/aromatic N) is 3. The molecular formula is C29H34N4O4. The van der Waals surface area contributed by atoms with Crippen LogP contribution in [-0.4, -0.2) is 37.0 Å². The van der Waals surface area contributed by atoms with Crippen LogP contribution in [0.25, 0.3) is 11.0 Å². The van der Waals surface area contributed by atoms with Crippen molar-refractivity contribution in [2.45, 2.75) is 88.6 Å². The van der Waals surface area contributed by atoms with Gasteiger partial charge < -0.3 is 15.2 Å². The largest absolute Gasteiger partial charge is 0.492 e. The van der Waals surface area contributed by atoms with E-state index in [1.54, 1.807) is 28.8 Å². The maximum atomic E-state index is 12.9. The lowest BCUT2D eigenvalue weighted by atomic mass is 9.48. The maximum absolute atomic E-state index is 12.9. The Labute approximate surface area is 215 Å². The van der Waals surface area contributed by atoms with Gasteiger partial charge in [0.15, 0.2) is 0 Å². The van der Waals surface area contributed by atoms with Crippen LogP contribution in [0.15, 0.2) is 46.1 Å². The van der Waals surface area contributed by atoms with Crippen molar-refractivity contribution in [3.8, 4) is 5.75 Å². The molecule has 3 saturated carbocycles. The van der Waals surface area contributed by atoms with E-state index in [2.05, 4.69) is 16.4 Å². The van der Waals surface area contributed by atoms with Gasteiger partial charge in [0.25, 0.3) is 11.1 Å². The Morgan fingerprint density at radius 2 is 1.92 bits per heavy atom. The Kier molecular flexibility index (Phi) is 5.02. The van der Waals surface area contributed by atoms with Gasteiger partial charge in [0, 0.05) is 41.6 Å². The molecule has 3 aromatic rings. The fourth-order valence-corrected chi connectivity index (χ4v) is 7.87. The minimum atomic E-state index is -0.870. The van der Waals surface area contributed by atoms with Crippen LogP contribution in [0, 0.1) is 5.41 Å². The van der Waals surface area contributed by atoms with Crippen molar-refractivity contribution < 1.29 is 9.84 Å². The Hall–Kier alpha value is -2.97. The highest BCUT2D eigenvalue weighted by Gasteiger charge is 2.60. The number of nitrogens with one attached hydrogen (secondary N) is 1. The van der Waals surface area contributed by atoms with Gasteiger partial charge in [0.1, 0.15) is 11.4 Å². The number of fused-ring (bicyclic) bond motifs is 4. The Bertz CT molecular complexity index is 1510. The van der Waals surface area contributed by atoms with Gasteiger partial charge in [0.2, 0.25) is 0 Å². The minimum Gasteiger partial charge on any atom is -0.492 e. The number of aliphatic hydroxyl groups is 1. The second kappa shape index (κ2) is 8.01. The van der Waals surface area contributed by atoms with E-state index in [0.717, 1.165) is 62.0 Å². The van der Waals surface area contributed by atoms with Gasteiger partial charge in [-0.15, -0.1) is 0 Å². The number of aromatic nitrogens is 3. The third-order valence-corrected chi connectivity index (χ3v) is 9.93. The SMILES string of the molecule is C[C@]1(O)CC2(NCc3cc4c(cn3)OCCC4)CCC1(C[C@@H]1Cn3c(=O)ccc4ccc(=O)n1c43)CC2. The van der Waals surface area contributed by atoms with Crippen LogP contribution in [0.1, 0.15) is 69.2 Å². The van der Waals surface area contributed by atoms with Gasteiger partial charge in [-0.25, -0.2) is 0 Å². The Morgan fingerprint density at radius 1 is 1.14 bits per heavy atom. The molecule has 8 nitrogen and oxygen atoms in total. The summed E-state index contributed by atoms with van der Waals surface area (Å²) < 4.78 is 9.25. The third-order valence-electron chi connectivity index (χ3n) is 9.93. The standard InChI is InChI=1S/C29H34N4O4/c1-27(36)18-29(31-15-21-13-20-3-2-12-37-23(20)16-30-21)10-8-28(27,9-11-29)14-22-17-32-24(34)6-4-19-5-7-25(35)33(22)26(19)32/h4-7,13,16,22,31,36H,2-3,8-12,14-15,17-18H2,1H3/t22-,27+,28?,29?/m1/s1. The summed E-state index contributed by atoms with van der Waals surface area (Å²) in [7, 11) is 0. The zero-order valence-electron chi connectivity index (χ0n) is 21.3. The molecule has 0 spiro atoms. The quantitative estimate of drug-likeness (QED) is 0.557. The monoisotopic (exact) mass is 502 g/mol. The molecule has 3 aromatic heterocycles. The molecule has 0 unspecified atom stereocenters. The summed E-state index contributed by atoms with van der Waals surface area (Å²) in [5, 5.41) is 16.6. The molecular weight excluding hydrogens is 468 g/mol. The molecule has 0 saturated heterocycles. The van der Waals surface area contributed by atoms with E-state index in [1.165, 1.54) is 5.56 Å². The van der Waals surface area contributed by atoms with Crippen molar-refractivity contribution in [2.75, 3.05) is 6.61 Å². The minimum absolute atomic E-state index is 0.0727. The summed E-state index contributed by atoms with van der Waals surface area (Å²) in [5.74, 6) is 0.905. The first-order valence-electron chi connectivity index (χ1n) is 13.6. The normalized spacial score (nSPS) is 31.9. The van der Waals surface area contributed by atoms with Gasteiger partial charge in [0.05, 0.1) is 30.1 Å². The first-order valence-corrected chi connectivity index (χ1v) is 13.6. The van der Waals surface area contributed by atoms with Gasteiger partial charge in [-0.1, -0.05) is 0 Å². The van der Waals surface area contributed by atoms with E-state index in [1.807, 2.05) is 17.7 Å². The van der Waals surface area contributed by atoms with Crippen molar-refractivity contribution in [3.05, 3.63) is 68.5 Å². The summed E-state index contributed by atoms with van der Waals surface area (Å²) in [6.07, 6.45) is 9.04. The Morgan fingerprint density at radius 3 is 2.70 bits per heavy atom. The first-order chi connectivity index (χ1) is 17.8. The fraction of sp³-hybridized carbons (Fsp3) is 0.552. The lowest BCUT2D eigenvalue weighted by Crippen LogP contribution is -2.66. The molecule has 8 rings (SSSR count). The molecule has 0 aromatic carbocycles. The summed E-state index contributed by atoms with van der Waals surface area (Å²) >= 11 is 0. The lowest BCUT2D eigenvalue weighted by Gasteiger charge is -2.62. The van der Waals surface area contributed by atoms with Crippen molar-refractivity contribution in [1.29, 1.82) is 0 Å². The van der Waals surface area contributed by atoms with E-state index in [-0.39, 0.29) is 28.1 Å². The molecule has 37 heavy (non-hydrogen) atoms. The average Bonchev–Trinajstić information content (AvgIpc) is 3.28. The maximum Gasteiger partial charge on any atom is 0.252 e. The molecule has 8 heteroatoms. The zero-order valence-corrected chi connectivity index (χ0v) is 21.3. The molecule has 2 atom stereocenters. The van der Waals surface area contributed by atoms with Crippen molar-refractivity contribution in [3.63, 3.8) is 0 Å². The summed E-state index contributed by atoms with van der Waals surface area (Å²) in [5.41, 5.74) is 1.55. The van der Waals surface area contributed by atoms with Crippen molar-refractivity contribution in [2.24, 2.45) is 5.41 Å². The smallest absolute Gasteiger partial charge is 0.252 e. The molecule has 2 bridgehead atoms. The van der Waals surface area contributed by atoms with Crippen molar-refractivity contribution >= 4 is 11.0 Å². The second-order valence-corrected chi connectivity index (χ2v) is 12.1.